The molecule has 1 fully saturated rings. The molecule has 0 radical (unpaired) electrons. The third kappa shape index (κ3) is 4.66. The Bertz CT molecular complexity index is 236. The number of carbonyl (C=O) groups excluding carboxylic acids is 1. The Kier molecular flexibility index (Phi) is 5.96. The van der Waals surface area contributed by atoms with E-state index < -0.39 is 0 Å². The summed E-state index contributed by atoms with van der Waals surface area (Å²) in [7, 11) is 0. The minimum atomic E-state index is 0.309. The standard InChI is InChI=1S/C14H27NO2/c1-4-7-14(3,5-2)8-6-13(16)15-9-11-17-12-10-15/h4-12H2,1-3H3. The van der Waals surface area contributed by atoms with Crippen molar-refractivity contribution in [2.45, 2.75) is 52.9 Å². The van der Waals surface area contributed by atoms with Crippen molar-refractivity contribution in [3.63, 3.8) is 0 Å². The molecule has 1 aliphatic rings. The minimum absolute atomic E-state index is 0.309. The molecule has 1 aliphatic heterocycles. The third-order valence-electron chi connectivity index (χ3n) is 4.01. The Morgan fingerprint density at radius 2 is 1.88 bits per heavy atom. The average Bonchev–Trinajstić information content (AvgIpc) is 2.37. The molecular weight excluding hydrogens is 214 g/mol. The maximum atomic E-state index is 12.0. The van der Waals surface area contributed by atoms with Crippen LogP contribution < -0.4 is 0 Å². The van der Waals surface area contributed by atoms with Gasteiger partial charge in [-0.3, -0.25) is 4.79 Å². The summed E-state index contributed by atoms with van der Waals surface area (Å²) in [6.45, 7) is 9.71. The molecule has 1 amide bonds. The Balaban J connectivity index is 2.35. The lowest BCUT2D eigenvalue weighted by Gasteiger charge is -2.31. The second-order valence-electron chi connectivity index (χ2n) is 5.41. The largest absolute Gasteiger partial charge is 0.378 e. The first kappa shape index (κ1) is 14.5. The summed E-state index contributed by atoms with van der Waals surface area (Å²) in [4.78, 5) is 14.0. The molecule has 3 nitrogen and oxygen atoms in total. The Morgan fingerprint density at radius 3 is 2.41 bits per heavy atom. The van der Waals surface area contributed by atoms with Crippen molar-refractivity contribution in [1.82, 2.24) is 4.90 Å². The lowest BCUT2D eigenvalue weighted by molar-refractivity contribution is -0.135. The molecule has 17 heavy (non-hydrogen) atoms. The molecule has 0 aliphatic carbocycles. The van der Waals surface area contributed by atoms with E-state index in [1.54, 1.807) is 0 Å². The van der Waals surface area contributed by atoms with Crippen molar-refractivity contribution in [2.75, 3.05) is 26.3 Å². The number of hydrogen-bond acceptors (Lipinski definition) is 2. The van der Waals surface area contributed by atoms with Crippen molar-refractivity contribution in [3.8, 4) is 0 Å². The molecule has 1 rings (SSSR count). The van der Waals surface area contributed by atoms with Gasteiger partial charge in [0.15, 0.2) is 0 Å². The molecule has 0 aromatic heterocycles. The van der Waals surface area contributed by atoms with Gasteiger partial charge in [0.05, 0.1) is 13.2 Å². The monoisotopic (exact) mass is 241 g/mol. The van der Waals surface area contributed by atoms with Crippen molar-refractivity contribution in [1.29, 1.82) is 0 Å². The highest BCUT2D eigenvalue weighted by atomic mass is 16.5. The van der Waals surface area contributed by atoms with Gasteiger partial charge in [-0.15, -0.1) is 0 Å². The van der Waals surface area contributed by atoms with E-state index in [-0.39, 0.29) is 0 Å². The van der Waals surface area contributed by atoms with Crippen LogP contribution >= 0.6 is 0 Å². The van der Waals surface area contributed by atoms with Crippen LogP contribution in [0.15, 0.2) is 0 Å². The van der Waals surface area contributed by atoms with E-state index in [2.05, 4.69) is 20.8 Å². The maximum Gasteiger partial charge on any atom is 0.222 e. The fourth-order valence-corrected chi connectivity index (χ4v) is 2.46. The highest BCUT2D eigenvalue weighted by molar-refractivity contribution is 5.76. The van der Waals surface area contributed by atoms with Crippen LogP contribution in [0.4, 0.5) is 0 Å². The summed E-state index contributed by atoms with van der Waals surface area (Å²) in [6.07, 6.45) is 5.31. The topological polar surface area (TPSA) is 29.5 Å². The SMILES string of the molecule is CCCC(C)(CC)CCC(=O)N1CCOCC1. The van der Waals surface area contributed by atoms with E-state index >= 15 is 0 Å². The lowest BCUT2D eigenvalue weighted by Crippen LogP contribution is -2.41. The van der Waals surface area contributed by atoms with Gasteiger partial charge in [-0.05, 0) is 18.3 Å². The zero-order valence-electron chi connectivity index (χ0n) is 11.6. The van der Waals surface area contributed by atoms with Gasteiger partial charge in [-0.2, -0.15) is 0 Å². The van der Waals surface area contributed by atoms with Gasteiger partial charge in [-0.1, -0.05) is 33.6 Å². The van der Waals surface area contributed by atoms with Crippen molar-refractivity contribution < 1.29 is 9.53 Å². The molecule has 3 heteroatoms. The Morgan fingerprint density at radius 1 is 1.24 bits per heavy atom. The van der Waals surface area contributed by atoms with Crippen molar-refractivity contribution in [2.24, 2.45) is 5.41 Å². The molecule has 0 aromatic rings. The molecule has 0 N–H and O–H groups in total. The van der Waals surface area contributed by atoms with Gasteiger partial charge >= 0.3 is 0 Å². The maximum absolute atomic E-state index is 12.0. The predicted octanol–water partition coefficient (Wildman–Crippen LogP) is 2.84. The van der Waals surface area contributed by atoms with Crippen LogP contribution in [-0.4, -0.2) is 37.1 Å². The van der Waals surface area contributed by atoms with Crippen LogP contribution in [0.2, 0.25) is 0 Å². The van der Waals surface area contributed by atoms with Crippen LogP contribution in [0.25, 0.3) is 0 Å². The van der Waals surface area contributed by atoms with Crippen LogP contribution in [0.1, 0.15) is 52.9 Å². The second kappa shape index (κ2) is 7.00. The van der Waals surface area contributed by atoms with Gasteiger partial charge in [-0.25, -0.2) is 0 Å². The Labute approximate surface area is 106 Å². The van der Waals surface area contributed by atoms with Crippen LogP contribution in [0, 0.1) is 5.41 Å². The molecule has 1 atom stereocenters. The zero-order chi connectivity index (χ0) is 12.7. The predicted molar refractivity (Wildman–Crippen MR) is 69.9 cm³/mol. The first-order chi connectivity index (χ1) is 8.11. The highest BCUT2D eigenvalue weighted by Crippen LogP contribution is 2.32. The smallest absolute Gasteiger partial charge is 0.222 e. The molecule has 0 spiro atoms. The molecule has 1 unspecified atom stereocenters. The fraction of sp³-hybridized carbons (Fsp3) is 0.929. The summed E-state index contributed by atoms with van der Waals surface area (Å²) < 4.78 is 5.26. The van der Waals surface area contributed by atoms with E-state index in [1.165, 1.54) is 12.8 Å². The molecule has 0 saturated carbocycles. The number of nitrogens with zero attached hydrogens (tertiary/aromatic N) is 1. The first-order valence-electron chi connectivity index (χ1n) is 6.97. The van der Waals surface area contributed by atoms with E-state index in [9.17, 15) is 4.79 Å². The molecule has 100 valence electrons. The first-order valence-corrected chi connectivity index (χ1v) is 6.97. The second-order valence-corrected chi connectivity index (χ2v) is 5.41. The van der Waals surface area contributed by atoms with E-state index in [1.807, 2.05) is 4.90 Å². The number of ether oxygens (including phenoxy) is 1. The number of amides is 1. The van der Waals surface area contributed by atoms with Crippen LogP contribution in [0.3, 0.4) is 0 Å². The normalized spacial score (nSPS) is 20.1. The Hall–Kier alpha value is -0.570. The van der Waals surface area contributed by atoms with Crippen molar-refractivity contribution in [3.05, 3.63) is 0 Å². The quantitative estimate of drug-likeness (QED) is 0.715. The zero-order valence-corrected chi connectivity index (χ0v) is 11.6. The van der Waals surface area contributed by atoms with Gasteiger partial charge in [0.1, 0.15) is 0 Å². The molecular formula is C14H27NO2. The van der Waals surface area contributed by atoms with Gasteiger partial charge in [0.2, 0.25) is 5.91 Å². The average molecular weight is 241 g/mol. The molecule has 1 heterocycles. The molecule has 0 aromatic carbocycles. The number of rotatable bonds is 6. The summed E-state index contributed by atoms with van der Waals surface area (Å²) in [5, 5.41) is 0. The number of morpholine rings is 1. The van der Waals surface area contributed by atoms with E-state index in [0.717, 1.165) is 25.9 Å². The number of carbonyl (C=O) groups is 1. The van der Waals surface area contributed by atoms with Gasteiger partial charge in [0, 0.05) is 19.5 Å². The lowest BCUT2D eigenvalue weighted by atomic mass is 9.79. The fourth-order valence-electron chi connectivity index (χ4n) is 2.46. The van der Waals surface area contributed by atoms with Crippen LogP contribution in [0.5, 0.6) is 0 Å². The van der Waals surface area contributed by atoms with Crippen molar-refractivity contribution >= 4 is 5.91 Å². The summed E-state index contributed by atoms with van der Waals surface area (Å²) >= 11 is 0. The van der Waals surface area contributed by atoms with E-state index in [0.29, 0.717) is 31.0 Å². The van der Waals surface area contributed by atoms with Gasteiger partial charge in [0.25, 0.3) is 0 Å². The summed E-state index contributed by atoms with van der Waals surface area (Å²) in [5.74, 6) is 0.309. The highest BCUT2D eigenvalue weighted by Gasteiger charge is 2.24. The van der Waals surface area contributed by atoms with Gasteiger partial charge < -0.3 is 9.64 Å². The third-order valence-corrected chi connectivity index (χ3v) is 4.01. The van der Waals surface area contributed by atoms with E-state index in [4.69, 9.17) is 4.74 Å². The molecule has 1 saturated heterocycles. The number of hydrogen-bond donors (Lipinski definition) is 0. The summed E-state index contributed by atoms with van der Waals surface area (Å²) in [6, 6.07) is 0. The molecule has 0 bridgehead atoms. The summed E-state index contributed by atoms with van der Waals surface area (Å²) in [5.41, 5.74) is 0.344. The van der Waals surface area contributed by atoms with Crippen LogP contribution in [-0.2, 0) is 9.53 Å². The minimum Gasteiger partial charge on any atom is -0.378 e.